The number of rotatable bonds is 4. The molecule has 1 heterocycles. The number of nitrogens with zero attached hydrogens (tertiary/aromatic N) is 2. The van der Waals surface area contributed by atoms with Gasteiger partial charge in [-0.2, -0.15) is 5.26 Å². The zero-order valence-corrected chi connectivity index (χ0v) is 19.8. The van der Waals surface area contributed by atoms with Gasteiger partial charge in [0, 0.05) is 21.2 Å². The van der Waals surface area contributed by atoms with Crippen molar-refractivity contribution in [1.82, 2.24) is 0 Å². The molecule has 6 rings (SSSR count). The topological polar surface area (TPSA) is 40.2 Å². The first-order valence-electron chi connectivity index (χ1n) is 13.4. The number of hydrogen-bond acceptors (Lipinski definition) is 3. The van der Waals surface area contributed by atoms with Crippen molar-refractivity contribution in [2.24, 2.45) is 0 Å². The Balaban J connectivity index is 1.74. The van der Waals surface area contributed by atoms with Gasteiger partial charge in [-0.3, -0.25) is 0 Å². The first-order chi connectivity index (χ1) is 19.3. The quantitative estimate of drug-likeness (QED) is 0.233. The Kier molecular flexibility index (Phi) is 4.10. The van der Waals surface area contributed by atoms with Gasteiger partial charge in [0.25, 0.3) is 0 Å². The Morgan fingerprint density at radius 2 is 1.60 bits per heavy atom. The van der Waals surface area contributed by atoms with Gasteiger partial charge in [-0.05, 0) is 71.7 Å². The van der Waals surface area contributed by atoms with Crippen molar-refractivity contribution in [3.63, 3.8) is 0 Å². The van der Waals surface area contributed by atoms with E-state index < -0.39 is 18.1 Å². The molecule has 3 nitrogen and oxygen atoms in total. The van der Waals surface area contributed by atoms with E-state index in [1.807, 2.05) is 60.7 Å². The van der Waals surface area contributed by atoms with Gasteiger partial charge in [-0.25, -0.2) is 0 Å². The van der Waals surface area contributed by atoms with Crippen LogP contribution in [0.1, 0.15) is 12.4 Å². The average Bonchev–Trinajstić information content (AvgIpc) is 3.36. The minimum absolute atomic E-state index is 0.000650. The van der Waals surface area contributed by atoms with Crippen LogP contribution in [0.4, 0.5) is 17.1 Å². The van der Waals surface area contributed by atoms with Crippen molar-refractivity contribution in [2.75, 3.05) is 4.90 Å². The Morgan fingerprint density at radius 3 is 2.37 bits per heavy atom. The predicted molar refractivity (Wildman–Crippen MR) is 146 cm³/mol. The summed E-state index contributed by atoms with van der Waals surface area (Å²) >= 11 is 3.53. The first-order valence-corrected chi connectivity index (χ1v) is 11.7. The summed E-state index contributed by atoms with van der Waals surface area (Å²) in [5.74, 6) is 0. The Morgan fingerprint density at radius 1 is 0.800 bits per heavy atom. The minimum atomic E-state index is -0.468. The molecule has 0 amide bonds. The third-order valence-corrected chi connectivity index (χ3v) is 6.33. The van der Waals surface area contributed by atoms with Crippen LogP contribution in [0.25, 0.3) is 33.1 Å². The summed E-state index contributed by atoms with van der Waals surface area (Å²) in [6.45, 7) is 0. The van der Waals surface area contributed by atoms with Crippen molar-refractivity contribution < 1.29 is 11.3 Å². The van der Waals surface area contributed by atoms with Crippen LogP contribution in [0.5, 0.6) is 0 Å². The SMILES string of the molecule is [2H]c1c([2H])c([2H])c(N(c2ccccc2)c2ccc(C#N)c3oc4ccc(-c5cccc(Br)c5)cc4c23)c([2H])c1[2H]. The second-order valence-corrected chi connectivity index (χ2v) is 8.83. The van der Waals surface area contributed by atoms with Gasteiger partial charge in [-0.15, -0.1) is 0 Å². The van der Waals surface area contributed by atoms with Crippen LogP contribution in [0.2, 0.25) is 0 Å². The van der Waals surface area contributed by atoms with Gasteiger partial charge >= 0.3 is 0 Å². The highest BCUT2D eigenvalue weighted by atomic mass is 79.9. The number of fused-ring (bicyclic) bond motifs is 3. The van der Waals surface area contributed by atoms with E-state index in [0.29, 0.717) is 33.5 Å². The van der Waals surface area contributed by atoms with E-state index in [4.69, 9.17) is 11.3 Å². The summed E-state index contributed by atoms with van der Waals surface area (Å²) in [6, 6.07) is 26.3. The summed E-state index contributed by atoms with van der Waals surface area (Å²) in [7, 11) is 0. The maximum absolute atomic E-state index is 9.92. The van der Waals surface area contributed by atoms with E-state index in [9.17, 15) is 5.26 Å². The highest BCUT2D eigenvalue weighted by Gasteiger charge is 2.21. The maximum atomic E-state index is 9.92. The predicted octanol–water partition coefficient (Wildman–Crippen LogP) is 9.36. The normalized spacial score (nSPS) is 13.0. The van der Waals surface area contributed by atoms with Gasteiger partial charge < -0.3 is 9.32 Å². The van der Waals surface area contributed by atoms with Crippen LogP contribution >= 0.6 is 15.9 Å². The maximum Gasteiger partial charge on any atom is 0.155 e. The lowest BCUT2D eigenvalue weighted by Crippen LogP contribution is -2.10. The van der Waals surface area contributed by atoms with Crippen molar-refractivity contribution >= 4 is 54.9 Å². The average molecular weight is 520 g/mol. The summed E-state index contributed by atoms with van der Waals surface area (Å²) < 4.78 is 49.4. The first kappa shape index (κ1) is 16.3. The molecule has 0 atom stereocenters. The van der Waals surface area contributed by atoms with E-state index >= 15 is 0 Å². The molecule has 0 N–H and O–H groups in total. The van der Waals surface area contributed by atoms with E-state index in [1.165, 1.54) is 0 Å². The molecule has 0 spiro atoms. The molecular weight excluding hydrogens is 496 g/mol. The molecule has 0 aliphatic carbocycles. The van der Waals surface area contributed by atoms with Crippen LogP contribution in [-0.4, -0.2) is 0 Å². The van der Waals surface area contributed by atoms with Crippen LogP contribution < -0.4 is 4.90 Å². The molecule has 0 saturated heterocycles. The Hall–Kier alpha value is -4.33. The van der Waals surface area contributed by atoms with Crippen LogP contribution in [0.3, 0.4) is 0 Å². The number of benzene rings is 5. The Labute approximate surface area is 218 Å². The van der Waals surface area contributed by atoms with Gasteiger partial charge in [0.05, 0.1) is 23.5 Å². The van der Waals surface area contributed by atoms with Crippen molar-refractivity contribution in [1.29, 1.82) is 5.26 Å². The number of hydrogen-bond donors (Lipinski definition) is 0. The highest BCUT2D eigenvalue weighted by Crippen LogP contribution is 2.44. The second kappa shape index (κ2) is 8.79. The molecule has 35 heavy (non-hydrogen) atoms. The van der Waals surface area contributed by atoms with Gasteiger partial charge in [0.1, 0.15) is 11.7 Å². The number of para-hydroxylation sites is 2. The second-order valence-electron chi connectivity index (χ2n) is 7.92. The summed E-state index contributed by atoms with van der Waals surface area (Å²) in [5, 5.41) is 11.2. The van der Waals surface area contributed by atoms with Gasteiger partial charge in [-0.1, -0.05) is 70.5 Å². The summed E-state index contributed by atoms with van der Waals surface area (Å²) in [6.07, 6.45) is 0. The van der Waals surface area contributed by atoms with Crippen LogP contribution in [0, 0.1) is 11.3 Å². The molecule has 0 aliphatic rings. The molecule has 1 aromatic heterocycles. The molecule has 5 aromatic carbocycles. The molecule has 0 bridgehead atoms. The fourth-order valence-electron chi connectivity index (χ4n) is 4.31. The molecule has 0 unspecified atom stereocenters. The molecule has 0 aliphatic heterocycles. The summed E-state index contributed by atoms with van der Waals surface area (Å²) in [5.41, 5.74) is 4.26. The highest BCUT2D eigenvalue weighted by molar-refractivity contribution is 9.10. The molecule has 4 heteroatoms. The molecule has 6 aromatic rings. The smallest absolute Gasteiger partial charge is 0.155 e. The molecule has 0 fully saturated rings. The van der Waals surface area contributed by atoms with Crippen molar-refractivity contribution in [3.05, 3.63) is 125 Å². The lowest BCUT2D eigenvalue weighted by molar-refractivity contribution is 0.667. The van der Waals surface area contributed by atoms with Gasteiger partial charge in [0.2, 0.25) is 0 Å². The lowest BCUT2D eigenvalue weighted by atomic mass is 10.0. The Bertz CT molecular complexity index is 1970. The van der Waals surface area contributed by atoms with E-state index in [-0.39, 0.29) is 17.8 Å². The lowest BCUT2D eigenvalue weighted by Gasteiger charge is -2.26. The van der Waals surface area contributed by atoms with Crippen LogP contribution in [0.15, 0.2) is 124 Å². The number of anilines is 3. The molecule has 166 valence electrons. The molecule has 0 radical (unpaired) electrons. The van der Waals surface area contributed by atoms with E-state index in [2.05, 4.69) is 22.0 Å². The zero-order chi connectivity index (χ0) is 28.1. The van der Waals surface area contributed by atoms with E-state index in [1.54, 1.807) is 29.2 Å². The standard InChI is InChI=1S/C31H19BrN2O/c32-24-9-7-8-21(18-24)22-15-17-29-27(19-22)30-28(16-14-23(20-33)31(30)35-29)34(25-10-3-1-4-11-25)26-12-5-2-6-13-26/h1-19H/i1D,3D,4D,10D,11D. The number of nitriles is 1. The number of furan rings is 1. The largest absolute Gasteiger partial charge is 0.455 e. The fraction of sp³-hybridized carbons (Fsp3) is 0. The molecule has 0 saturated carbocycles. The fourth-order valence-corrected chi connectivity index (χ4v) is 4.71. The monoisotopic (exact) mass is 519 g/mol. The minimum Gasteiger partial charge on any atom is -0.455 e. The van der Waals surface area contributed by atoms with Crippen LogP contribution in [-0.2, 0) is 0 Å². The van der Waals surface area contributed by atoms with Gasteiger partial charge in [0.15, 0.2) is 5.58 Å². The third kappa shape index (κ3) is 3.77. The zero-order valence-electron chi connectivity index (χ0n) is 23.3. The van der Waals surface area contributed by atoms with Crippen molar-refractivity contribution in [3.8, 4) is 17.2 Å². The summed E-state index contributed by atoms with van der Waals surface area (Å²) in [4.78, 5) is 1.64. The van der Waals surface area contributed by atoms with Crippen molar-refractivity contribution in [2.45, 2.75) is 0 Å². The van der Waals surface area contributed by atoms with E-state index in [0.717, 1.165) is 21.0 Å². The molecular formula is C31H19BrN2O. The number of halogens is 1. The third-order valence-electron chi connectivity index (χ3n) is 5.84.